The number of nitrogens with zero attached hydrogens (tertiary/aromatic N) is 3. The van der Waals surface area contributed by atoms with E-state index in [-0.39, 0.29) is 12.5 Å². The molecule has 150 valence electrons. The number of hydrogen-bond donors (Lipinski definition) is 1. The number of halogens is 2. The molecule has 28 heavy (non-hydrogen) atoms. The Hall–Kier alpha value is -2.25. The Morgan fingerprint density at radius 1 is 1.21 bits per heavy atom. The van der Waals surface area contributed by atoms with E-state index in [2.05, 4.69) is 10.4 Å². The predicted molar refractivity (Wildman–Crippen MR) is 108 cm³/mol. The summed E-state index contributed by atoms with van der Waals surface area (Å²) in [5, 5.41) is 8.01. The molecule has 0 radical (unpaired) electrons. The highest BCUT2D eigenvalue weighted by atomic mass is 35.5. The van der Waals surface area contributed by atoms with Crippen LogP contribution in [-0.4, -0.2) is 38.8 Å². The van der Waals surface area contributed by atoms with Crippen molar-refractivity contribution in [3.8, 4) is 0 Å². The van der Waals surface area contributed by atoms with Crippen molar-refractivity contribution in [3.05, 3.63) is 45.2 Å². The molecule has 0 saturated heterocycles. The summed E-state index contributed by atoms with van der Waals surface area (Å²) in [4.78, 5) is 26.9. The van der Waals surface area contributed by atoms with E-state index >= 15 is 0 Å². The van der Waals surface area contributed by atoms with E-state index in [4.69, 9.17) is 27.9 Å². The minimum absolute atomic E-state index is 0.266. The van der Waals surface area contributed by atoms with E-state index in [1.54, 1.807) is 30.1 Å². The Morgan fingerprint density at radius 3 is 2.57 bits per heavy atom. The molecule has 0 spiro atoms. The van der Waals surface area contributed by atoms with Gasteiger partial charge in [0.2, 0.25) is 0 Å². The molecule has 0 atom stereocenters. The number of aryl methyl sites for hydroxylation is 1. The summed E-state index contributed by atoms with van der Waals surface area (Å²) in [5.41, 5.74) is 1.86. The molecule has 0 unspecified atom stereocenters. The molecule has 0 saturated carbocycles. The van der Waals surface area contributed by atoms with Gasteiger partial charge in [-0.2, -0.15) is 5.10 Å². The van der Waals surface area contributed by atoms with Gasteiger partial charge >= 0.3 is 6.09 Å². The molecule has 0 fully saturated rings. The van der Waals surface area contributed by atoms with E-state index in [1.807, 2.05) is 20.8 Å². The van der Waals surface area contributed by atoms with Crippen molar-refractivity contribution in [2.24, 2.45) is 7.05 Å². The van der Waals surface area contributed by atoms with Crippen LogP contribution in [0, 0.1) is 0 Å². The summed E-state index contributed by atoms with van der Waals surface area (Å²) in [5.74, 6) is -0.333. The van der Waals surface area contributed by atoms with Crippen LogP contribution in [0.5, 0.6) is 0 Å². The number of amides is 2. The van der Waals surface area contributed by atoms with Gasteiger partial charge in [0.15, 0.2) is 0 Å². The van der Waals surface area contributed by atoms with Crippen LogP contribution in [0.3, 0.4) is 0 Å². The second-order valence-corrected chi connectivity index (χ2v) is 8.45. The van der Waals surface area contributed by atoms with Crippen molar-refractivity contribution in [1.29, 1.82) is 0 Å². The molecule has 0 bridgehead atoms. The Bertz CT molecular complexity index is 934. The van der Waals surface area contributed by atoms with Gasteiger partial charge in [-0.3, -0.25) is 9.48 Å². The summed E-state index contributed by atoms with van der Waals surface area (Å²) in [6, 6.07) is 4.86. The highest BCUT2D eigenvalue weighted by Gasteiger charge is 2.31. The van der Waals surface area contributed by atoms with Gasteiger partial charge in [0.1, 0.15) is 11.3 Å². The highest BCUT2D eigenvalue weighted by molar-refractivity contribution is 6.42. The molecule has 1 aromatic heterocycles. The fourth-order valence-corrected chi connectivity index (χ4v) is 3.33. The van der Waals surface area contributed by atoms with E-state index in [9.17, 15) is 9.59 Å². The maximum Gasteiger partial charge on any atom is 0.410 e. The number of anilines is 1. The van der Waals surface area contributed by atoms with Gasteiger partial charge in [0.25, 0.3) is 5.91 Å². The maximum atomic E-state index is 12.9. The van der Waals surface area contributed by atoms with Crippen LogP contribution in [0.25, 0.3) is 0 Å². The molecule has 3 rings (SSSR count). The molecule has 9 heteroatoms. The highest BCUT2D eigenvalue weighted by Crippen LogP contribution is 2.27. The zero-order valence-corrected chi connectivity index (χ0v) is 17.7. The minimum atomic E-state index is -0.583. The summed E-state index contributed by atoms with van der Waals surface area (Å²) >= 11 is 11.9. The van der Waals surface area contributed by atoms with Gasteiger partial charge in [-0.1, -0.05) is 23.2 Å². The third-order valence-corrected chi connectivity index (χ3v) is 4.98. The lowest BCUT2D eigenvalue weighted by atomic mass is 10.1. The number of ether oxygens (including phenoxy) is 1. The van der Waals surface area contributed by atoms with Crippen LogP contribution < -0.4 is 5.32 Å². The fraction of sp³-hybridized carbons (Fsp3) is 0.421. The molecule has 1 N–H and O–H groups in total. The molecule has 7 nitrogen and oxygen atoms in total. The number of fused-ring (bicyclic) bond motifs is 1. The number of benzene rings is 1. The summed E-state index contributed by atoms with van der Waals surface area (Å²) < 4.78 is 6.99. The first-order valence-corrected chi connectivity index (χ1v) is 9.60. The van der Waals surface area contributed by atoms with Crippen LogP contribution in [-0.2, 0) is 24.8 Å². The topological polar surface area (TPSA) is 76.5 Å². The third kappa shape index (κ3) is 4.42. The average molecular weight is 425 g/mol. The number of rotatable bonds is 2. The van der Waals surface area contributed by atoms with Crippen LogP contribution >= 0.6 is 23.2 Å². The van der Waals surface area contributed by atoms with Crippen LogP contribution in [0.1, 0.15) is 42.5 Å². The van der Waals surface area contributed by atoms with Crippen LogP contribution in [0.2, 0.25) is 10.0 Å². The third-order valence-electron chi connectivity index (χ3n) is 4.24. The molecule has 2 aromatic rings. The summed E-state index contributed by atoms with van der Waals surface area (Å²) in [7, 11) is 1.71. The monoisotopic (exact) mass is 424 g/mol. The van der Waals surface area contributed by atoms with Gasteiger partial charge in [-0.15, -0.1) is 0 Å². The van der Waals surface area contributed by atoms with Gasteiger partial charge < -0.3 is 15.0 Å². The minimum Gasteiger partial charge on any atom is -0.444 e. The van der Waals surface area contributed by atoms with Gasteiger partial charge in [0.05, 0.1) is 22.3 Å². The van der Waals surface area contributed by atoms with Crippen molar-refractivity contribution in [1.82, 2.24) is 14.7 Å². The van der Waals surface area contributed by atoms with Gasteiger partial charge in [-0.05, 0) is 39.0 Å². The molecular formula is C19H22Cl2N4O3. The average Bonchev–Trinajstić information content (AvgIpc) is 2.91. The predicted octanol–water partition coefficient (Wildman–Crippen LogP) is 4.27. The zero-order valence-electron chi connectivity index (χ0n) is 16.2. The largest absolute Gasteiger partial charge is 0.444 e. The van der Waals surface area contributed by atoms with Gasteiger partial charge in [0, 0.05) is 31.3 Å². The van der Waals surface area contributed by atoms with Crippen molar-refractivity contribution < 1.29 is 14.3 Å². The first kappa shape index (κ1) is 20.5. The number of aromatic nitrogens is 2. The van der Waals surface area contributed by atoms with E-state index in [1.165, 1.54) is 4.68 Å². The summed E-state index contributed by atoms with van der Waals surface area (Å²) in [6.45, 7) is 6.22. The Balaban J connectivity index is 1.82. The lowest BCUT2D eigenvalue weighted by Gasteiger charge is -2.29. The molecule has 0 aliphatic carbocycles. The van der Waals surface area contributed by atoms with Crippen molar-refractivity contribution in [2.75, 3.05) is 11.9 Å². The number of hydrogen-bond acceptors (Lipinski definition) is 4. The second-order valence-electron chi connectivity index (χ2n) is 7.63. The van der Waals surface area contributed by atoms with E-state index in [0.717, 1.165) is 11.3 Å². The molecule has 2 amide bonds. The zero-order chi connectivity index (χ0) is 20.6. The van der Waals surface area contributed by atoms with Crippen molar-refractivity contribution in [3.63, 3.8) is 0 Å². The number of carbonyl (C=O) groups excluding carboxylic acids is 2. The Kier molecular flexibility index (Phi) is 5.59. The smallest absolute Gasteiger partial charge is 0.410 e. The van der Waals surface area contributed by atoms with Crippen LogP contribution in [0.15, 0.2) is 18.2 Å². The summed E-state index contributed by atoms with van der Waals surface area (Å²) in [6.07, 6.45) is 0.153. The van der Waals surface area contributed by atoms with Crippen molar-refractivity contribution >= 4 is 40.9 Å². The molecular weight excluding hydrogens is 403 g/mol. The van der Waals surface area contributed by atoms with Crippen molar-refractivity contribution in [2.45, 2.75) is 39.3 Å². The molecule has 1 aliphatic heterocycles. The van der Waals surface area contributed by atoms with Crippen LogP contribution in [0.4, 0.5) is 10.5 Å². The first-order valence-electron chi connectivity index (χ1n) is 8.84. The normalized spacial score (nSPS) is 13.9. The fourth-order valence-electron chi connectivity index (χ4n) is 3.03. The molecule has 2 heterocycles. The lowest BCUT2D eigenvalue weighted by molar-refractivity contribution is 0.0222. The standard InChI is InChI=1S/C19H22Cl2N4O3/c1-19(2,3)28-18(27)25-8-7-15-12(10-25)16(24(4)23-15)17(26)22-11-5-6-13(20)14(21)9-11/h5-6,9H,7-8,10H2,1-4H3,(H,22,26). The van der Waals surface area contributed by atoms with E-state index in [0.29, 0.717) is 34.4 Å². The Morgan fingerprint density at radius 2 is 1.93 bits per heavy atom. The molecule has 1 aliphatic rings. The van der Waals surface area contributed by atoms with E-state index < -0.39 is 11.7 Å². The molecule has 1 aromatic carbocycles. The quantitative estimate of drug-likeness (QED) is 0.780. The maximum absolute atomic E-state index is 12.9. The second kappa shape index (κ2) is 7.64. The first-order chi connectivity index (χ1) is 13.0. The Labute approximate surface area is 173 Å². The lowest BCUT2D eigenvalue weighted by Crippen LogP contribution is -2.40. The number of carbonyl (C=O) groups is 2. The van der Waals surface area contributed by atoms with Gasteiger partial charge in [-0.25, -0.2) is 4.79 Å². The number of nitrogens with one attached hydrogen (secondary N) is 1. The SMILES string of the molecule is Cn1nc2c(c1C(=O)Nc1ccc(Cl)c(Cl)c1)CN(C(=O)OC(C)(C)C)CC2.